The Hall–Kier alpha value is -3.00. The molecule has 2 amide bonds. The van der Waals surface area contributed by atoms with E-state index < -0.39 is 0 Å². The van der Waals surface area contributed by atoms with Gasteiger partial charge in [0.05, 0.1) is 6.20 Å². The minimum atomic E-state index is -0.316. The first-order chi connectivity index (χ1) is 12.0. The molecule has 7 nitrogen and oxygen atoms in total. The minimum absolute atomic E-state index is 0.193. The highest BCUT2D eigenvalue weighted by molar-refractivity contribution is 7.13. The zero-order valence-corrected chi connectivity index (χ0v) is 14.8. The second-order valence-corrected chi connectivity index (χ2v) is 6.31. The summed E-state index contributed by atoms with van der Waals surface area (Å²) in [6.45, 7) is 1.79. The van der Waals surface area contributed by atoms with Crippen molar-refractivity contribution in [2.45, 2.75) is 6.92 Å². The molecule has 128 valence electrons. The van der Waals surface area contributed by atoms with Crippen molar-refractivity contribution in [3.8, 4) is 10.6 Å². The maximum Gasteiger partial charge on any atom is 0.275 e. The van der Waals surface area contributed by atoms with Crippen molar-refractivity contribution in [3.63, 3.8) is 0 Å². The first-order valence-electron chi connectivity index (χ1n) is 7.57. The molecule has 0 aliphatic rings. The number of hydrogen-bond acceptors (Lipinski definition) is 5. The van der Waals surface area contributed by atoms with Crippen molar-refractivity contribution in [1.82, 2.24) is 20.1 Å². The number of aromatic nitrogens is 3. The molecule has 8 heteroatoms. The highest BCUT2D eigenvalue weighted by atomic mass is 32.1. The van der Waals surface area contributed by atoms with Crippen molar-refractivity contribution in [2.75, 3.05) is 12.4 Å². The smallest absolute Gasteiger partial charge is 0.275 e. The summed E-state index contributed by atoms with van der Waals surface area (Å²) in [6, 6.07) is 5.20. The molecule has 0 spiro atoms. The largest absolute Gasteiger partial charge is 0.355 e. The van der Waals surface area contributed by atoms with Crippen LogP contribution in [-0.2, 0) is 7.05 Å². The Morgan fingerprint density at radius 1 is 1.24 bits per heavy atom. The monoisotopic (exact) mass is 355 g/mol. The van der Waals surface area contributed by atoms with Crippen LogP contribution in [0.15, 0.2) is 36.0 Å². The minimum Gasteiger partial charge on any atom is -0.355 e. The highest BCUT2D eigenvalue weighted by Crippen LogP contribution is 2.24. The molecule has 0 bridgehead atoms. The van der Waals surface area contributed by atoms with E-state index in [1.54, 1.807) is 48.4 Å². The molecule has 2 heterocycles. The second-order valence-electron chi connectivity index (χ2n) is 5.45. The van der Waals surface area contributed by atoms with E-state index in [0.29, 0.717) is 22.5 Å². The van der Waals surface area contributed by atoms with Crippen LogP contribution in [0.5, 0.6) is 0 Å². The summed E-state index contributed by atoms with van der Waals surface area (Å²) in [4.78, 5) is 28.7. The van der Waals surface area contributed by atoms with E-state index in [1.165, 1.54) is 11.3 Å². The Kier molecular flexibility index (Phi) is 4.62. The molecule has 0 saturated carbocycles. The molecule has 3 aromatic rings. The van der Waals surface area contributed by atoms with Gasteiger partial charge < -0.3 is 10.6 Å². The van der Waals surface area contributed by atoms with Gasteiger partial charge in [-0.15, -0.1) is 11.3 Å². The third-order valence-electron chi connectivity index (χ3n) is 3.74. The second kappa shape index (κ2) is 6.86. The van der Waals surface area contributed by atoms with Crippen LogP contribution >= 0.6 is 11.3 Å². The van der Waals surface area contributed by atoms with Crippen LogP contribution in [0.25, 0.3) is 10.6 Å². The third-order valence-corrected chi connectivity index (χ3v) is 4.63. The normalized spacial score (nSPS) is 10.5. The molecule has 3 rings (SSSR count). The van der Waals surface area contributed by atoms with E-state index >= 15 is 0 Å². The summed E-state index contributed by atoms with van der Waals surface area (Å²) in [5.74, 6) is -0.510. The predicted molar refractivity (Wildman–Crippen MR) is 96.8 cm³/mol. The van der Waals surface area contributed by atoms with Crippen molar-refractivity contribution in [3.05, 3.63) is 52.8 Å². The van der Waals surface area contributed by atoms with Crippen LogP contribution in [0.2, 0.25) is 0 Å². The summed E-state index contributed by atoms with van der Waals surface area (Å²) in [5, 5.41) is 11.9. The summed E-state index contributed by atoms with van der Waals surface area (Å²) in [5.41, 5.74) is 3.01. The lowest BCUT2D eigenvalue weighted by molar-refractivity contribution is 0.0960. The number of amides is 2. The van der Waals surface area contributed by atoms with E-state index in [9.17, 15) is 9.59 Å². The highest BCUT2D eigenvalue weighted by Gasteiger charge is 2.16. The summed E-state index contributed by atoms with van der Waals surface area (Å²) in [7, 11) is 3.40. The zero-order valence-electron chi connectivity index (χ0n) is 14.0. The summed E-state index contributed by atoms with van der Waals surface area (Å²) in [6.07, 6.45) is 3.55. The van der Waals surface area contributed by atoms with Gasteiger partial charge in [0.1, 0.15) is 10.7 Å². The molecular formula is C17H17N5O2S. The number of benzene rings is 1. The first-order valence-corrected chi connectivity index (χ1v) is 8.45. The van der Waals surface area contributed by atoms with Crippen LogP contribution in [0, 0.1) is 6.92 Å². The molecule has 0 radical (unpaired) electrons. The molecule has 25 heavy (non-hydrogen) atoms. The maximum atomic E-state index is 12.5. The predicted octanol–water partition coefficient (Wildman–Crippen LogP) is 2.46. The lowest BCUT2D eigenvalue weighted by Crippen LogP contribution is -2.20. The Morgan fingerprint density at radius 2 is 2.04 bits per heavy atom. The third kappa shape index (κ3) is 3.43. The molecular weight excluding hydrogens is 338 g/mol. The van der Waals surface area contributed by atoms with Crippen molar-refractivity contribution >= 4 is 28.8 Å². The fraction of sp³-hybridized carbons (Fsp3) is 0.176. The molecule has 0 aliphatic carbocycles. The van der Waals surface area contributed by atoms with Gasteiger partial charge in [-0.2, -0.15) is 5.10 Å². The van der Waals surface area contributed by atoms with Crippen LogP contribution in [-0.4, -0.2) is 33.6 Å². The van der Waals surface area contributed by atoms with Gasteiger partial charge in [0, 0.05) is 42.5 Å². The van der Waals surface area contributed by atoms with Crippen LogP contribution < -0.4 is 10.6 Å². The number of thiazole rings is 1. The van der Waals surface area contributed by atoms with E-state index in [1.807, 2.05) is 13.2 Å². The number of nitrogens with zero attached hydrogens (tertiary/aromatic N) is 3. The van der Waals surface area contributed by atoms with Crippen molar-refractivity contribution < 1.29 is 9.59 Å². The Bertz CT molecular complexity index is 944. The fourth-order valence-electron chi connectivity index (χ4n) is 2.38. The molecule has 0 aliphatic heterocycles. The van der Waals surface area contributed by atoms with Crippen molar-refractivity contribution in [2.24, 2.45) is 7.05 Å². The number of carbonyl (C=O) groups is 2. The fourth-order valence-corrected chi connectivity index (χ4v) is 3.16. The number of anilines is 1. The molecule has 0 saturated heterocycles. The van der Waals surface area contributed by atoms with Gasteiger partial charge in [-0.3, -0.25) is 14.3 Å². The molecule has 2 aromatic heterocycles. The number of rotatable bonds is 4. The number of aryl methyl sites for hydroxylation is 1. The number of carbonyl (C=O) groups excluding carboxylic acids is 2. The molecule has 2 N–H and O–H groups in total. The molecule has 0 atom stereocenters. The van der Waals surface area contributed by atoms with Gasteiger partial charge in [0.15, 0.2) is 0 Å². The van der Waals surface area contributed by atoms with Crippen molar-refractivity contribution in [1.29, 1.82) is 0 Å². The average molecular weight is 355 g/mol. The SMILES string of the molecule is CNC(=O)c1cccc(NC(=O)c2csc(-c3cnn(C)c3)n2)c1C. The lowest BCUT2D eigenvalue weighted by atomic mass is 10.1. The molecule has 0 fully saturated rings. The van der Waals surface area contributed by atoms with Gasteiger partial charge in [0.2, 0.25) is 0 Å². The van der Waals surface area contributed by atoms with E-state index in [0.717, 1.165) is 10.6 Å². The van der Waals surface area contributed by atoms with Crippen LogP contribution in [0.3, 0.4) is 0 Å². The summed E-state index contributed by atoms with van der Waals surface area (Å²) >= 11 is 1.38. The Balaban J connectivity index is 1.81. The Labute approximate surface area is 148 Å². The standard InChI is InChI=1S/C17H17N5O2S/c1-10-12(15(23)18-2)5-4-6-13(10)20-16(24)14-9-25-17(21-14)11-7-19-22(3)8-11/h4-9H,1-3H3,(H,18,23)(H,20,24). The van der Waals surface area contributed by atoms with E-state index in [2.05, 4.69) is 20.7 Å². The summed E-state index contributed by atoms with van der Waals surface area (Å²) < 4.78 is 1.68. The van der Waals surface area contributed by atoms with E-state index in [4.69, 9.17) is 0 Å². The van der Waals surface area contributed by atoms with Gasteiger partial charge in [-0.05, 0) is 24.6 Å². The quantitative estimate of drug-likeness (QED) is 0.752. The zero-order chi connectivity index (χ0) is 18.0. The first kappa shape index (κ1) is 16.8. The maximum absolute atomic E-state index is 12.5. The molecule has 0 unspecified atom stereocenters. The topological polar surface area (TPSA) is 88.9 Å². The molecule has 1 aromatic carbocycles. The van der Waals surface area contributed by atoms with Crippen LogP contribution in [0.4, 0.5) is 5.69 Å². The van der Waals surface area contributed by atoms with Gasteiger partial charge in [0.25, 0.3) is 11.8 Å². The number of nitrogens with one attached hydrogen (secondary N) is 2. The van der Waals surface area contributed by atoms with Gasteiger partial charge in [-0.1, -0.05) is 6.07 Å². The van der Waals surface area contributed by atoms with Crippen LogP contribution in [0.1, 0.15) is 26.4 Å². The number of hydrogen-bond donors (Lipinski definition) is 2. The lowest BCUT2D eigenvalue weighted by Gasteiger charge is -2.11. The Morgan fingerprint density at radius 3 is 2.72 bits per heavy atom. The average Bonchev–Trinajstić information content (AvgIpc) is 3.25. The van der Waals surface area contributed by atoms with Gasteiger partial charge >= 0.3 is 0 Å². The van der Waals surface area contributed by atoms with E-state index in [-0.39, 0.29) is 11.8 Å². The van der Waals surface area contributed by atoms with Gasteiger partial charge in [-0.25, -0.2) is 4.98 Å².